The van der Waals surface area contributed by atoms with Gasteiger partial charge in [-0.25, -0.2) is 0 Å². The number of hydrogen-bond acceptors (Lipinski definition) is 4. The summed E-state index contributed by atoms with van der Waals surface area (Å²) in [6.45, 7) is 1.93. The van der Waals surface area contributed by atoms with Crippen molar-refractivity contribution in [3.63, 3.8) is 0 Å². The van der Waals surface area contributed by atoms with Gasteiger partial charge in [0.15, 0.2) is 0 Å². The molecule has 1 heterocycles. The highest BCUT2D eigenvalue weighted by Gasteiger charge is 2.15. The molecule has 0 aliphatic heterocycles. The van der Waals surface area contributed by atoms with Crippen LogP contribution in [0.5, 0.6) is 0 Å². The highest BCUT2D eigenvalue weighted by Crippen LogP contribution is 2.10. The van der Waals surface area contributed by atoms with Gasteiger partial charge in [-0.1, -0.05) is 6.07 Å². The highest BCUT2D eigenvalue weighted by molar-refractivity contribution is 7.98. The van der Waals surface area contributed by atoms with Crippen LogP contribution < -0.4 is 11.1 Å². The molecule has 2 atom stereocenters. The second-order valence-corrected chi connectivity index (χ2v) is 4.89. The Labute approximate surface area is 106 Å². The fourth-order valence-electron chi connectivity index (χ4n) is 1.41. The number of amides is 1. The van der Waals surface area contributed by atoms with Crippen LogP contribution in [0.1, 0.15) is 24.9 Å². The monoisotopic (exact) mass is 253 g/mol. The van der Waals surface area contributed by atoms with Gasteiger partial charge >= 0.3 is 0 Å². The van der Waals surface area contributed by atoms with Crippen LogP contribution in [0, 0.1) is 0 Å². The van der Waals surface area contributed by atoms with Gasteiger partial charge in [-0.15, -0.1) is 0 Å². The average Bonchev–Trinajstić information content (AvgIpc) is 2.36. The molecule has 0 fully saturated rings. The first-order chi connectivity index (χ1) is 8.15. The van der Waals surface area contributed by atoms with Crippen LogP contribution in [0.4, 0.5) is 0 Å². The zero-order valence-corrected chi connectivity index (χ0v) is 11.0. The second kappa shape index (κ2) is 7.29. The van der Waals surface area contributed by atoms with E-state index in [1.54, 1.807) is 24.2 Å². The summed E-state index contributed by atoms with van der Waals surface area (Å²) in [6, 6.07) is 3.30. The lowest BCUT2D eigenvalue weighted by atomic mass is 10.1. The molecule has 0 aromatic carbocycles. The standard InChI is InChI=1S/C12H19N3OS/c1-9(10-4-3-6-14-8-10)15-12(16)11(13)5-7-17-2/h3-4,6,8-9,11H,5,7,13H2,1-2H3,(H,15,16)/t9?,11-/m1/s1. The molecule has 0 aliphatic rings. The highest BCUT2D eigenvalue weighted by atomic mass is 32.2. The Bertz CT molecular complexity index is 345. The number of nitrogens with one attached hydrogen (secondary N) is 1. The van der Waals surface area contributed by atoms with Crippen LogP contribution in [0.3, 0.4) is 0 Å². The number of rotatable bonds is 6. The van der Waals surface area contributed by atoms with Crippen LogP contribution in [-0.2, 0) is 4.79 Å². The topological polar surface area (TPSA) is 68.0 Å². The molecule has 1 aromatic heterocycles. The third-order valence-electron chi connectivity index (χ3n) is 2.51. The molecule has 1 amide bonds. The maximum absolute atomic E-state index is 11.8. The van der Waals surface area contributed by atoms with Gasteiger partial charge < -0.3 is 11.1 Å². The summed E-state index contributed by atoms with van der Waals surface area (Å²) in [5.74, 6) is 0.797. The summed E-state index contributed by atoms with van der Waals surface area (Å²) in [5, 5.41) is 2.89. The van der Waals surface area contributed by atoms with E-state index in [2.05, 4.69) is 10.3 Å². The maximum Gasteiger partial charge on any atom is 0.237 e. The Kier molecular flexibility index (Phi) is 6.00. The van der Waals surface area contributed by atoms with Gasteiger partial charge in [0, 0.05) is 12.4 Å². The predicted molar refractivity (Wildman–Crippen MR) is 71.8 cm³/mol. The largest absolute Gasteiger partial charge is 0.348 e. The van der Waals surface area contributed by atoms with E-state index in [1.807, 2.05) is 25.3 Å². The molecule has 94 valence electrons. The third kappa shape index (κ3) is 4.75. The molecule has 0 saturated carbocycles. The average molecular weight is 253 g/mol. The van der Waals surface area contributed by atoms with E-state index < -0.39 is 6.04 Å². The number of nitrogens with zero attached hydrogens (tertiary/aromatic N) is 1. The van der Waals surface area contributed by atoms with Crippen LogP contribution in [0.2, 0.25) is 0 Å². The first-order valence-electron chi connectivity index (χ1n) is 5.60. The van der Waals surface area contributed by atoms with Crippen molar-refractivity contribution in [1.29, 1.82) is 0 Å². The SMILES string of the molecule is CSCC[C@@H](N)C(=O)NC(C)c1cccnc1. The van der Waals surface area contributed by atoms with Gasteiger partial charge in [-0.05, 0) is 37.0 Å². The van der Waals surface area contributed by atoms with Gasteiger partial charge in [0.25, 0.3) is 0 Å². The minimum Gasteiger partial charge on any atom is -0.348 e. The molecule has 0 spiro atoms. The normalized spacial score (nSPS) is 14.1. The summed E-state index contributed by atoms with van der Waals surface area (Å²) < 4.78 is 0. The first kappa shape index (κ1) is 14.0. The molecular weight excluding hydrogens is 234 g/mol. The number of thioether (sulfide) groups is 1. The lowest BCUT2D eigenvalue weighted by Gasteiger charge is -2.17. The van der Waals surface area contributed by atoms with Crippen molar-refractivity contribution in [3.05, 3.63) is 30.1 Å². The van der Waals surface area contributed by atoms with E-state index in [-0.39, 0.29) is 11.9 Å². The molecule has 0 saturated heterocycles. The Morgan fingerprint density at radius 1 is 1.65 bits per heavy atom. The van der Waals surface area contributed by atoms with Crippen LogP contribution >= 0.6 is 11.8 Å². The Morgan fingerprint density at radius 3 is 3.00 bits per heavy atom. The van der Waals surface area contributed by atoms with Crippen molar-refractivity contribution in [2.45, 2.75) is 25.4 Å². The second-order valence-electron chi connectivity index (χ2n) is 3.90. The van der Waals surface area contributed by atoms with Crippen molar-refractivity contribution >= 4 is 17.7 Å². The Hall–Kier alpha value is -1.07. The van der Waals surface area contributed by atoms with Crippen molar-refractivity contribution in [2.24, 2.45) is 5.73 Å². The van der Waals surface area contributed by atoms with Crippen LogP contribution in [-0.4, -0.2) is 28.9 Å². The first-order valence-corrected chi connectivity index (χ1v) is 6.99. The van der Waals surface area contributed by atoms with E-state index in [0.717, 1.165) is 11.3 Å². The summed E-state index contributed by atoms with van der Waals surface area (Å²) in [6.07, 6.45) is 6.16. The summed E-state index contributed by atoms with van der Waals surface area (Å²) in [5.41, 5.74) is 6.77. The van der Waals surface area contributed by atoms with Crippen molar-refractivity contribution in [3.8, 4) is 0 Å². The molecule has 0 radical (unpaired) electrons. The minimum atomic E-state index is -0.429. The number of nitrogens with two attached hydrogens (primary N) is 1. The zero-order chi connectivity index (χ0) is 12.7. The fourth-order valence-corrected chi connectivity index (χ4v) is 1.90. The zero-order valence-electron chi connectivity index (χ0n) is 10.2. The lowest BCUT2D eigenvalue weighted by molar-refractivity contribution is -0.123. The van der Waals surface area contributed by atoms with E-state index >= 15 is 0 Å². The van der Waals surface area contributed by atoms with Gasteiger partial charge in [-0.2, -0.15) is 11.8 Å². The number of pyridine rings is 1. The van der Waals surface area contributed by atoms with E-state index in [9.17, 15) is 4.79 Å². The molecule has 1 rings (SSSR count). The summed E-state index contributed by atoms with van der Waals surface area (Å²) >= 11 is 1.69. The molecule has 17 heavy (non-hydrogen) atoms. The third-order valence-corrected chi connectivity index (χ3v) is 3.16. The van der Waals surface area contributed by atoms with Gasteiger partial charge in [0.05, 0.1) is 12.1 Å². The van der Waals surface area contributed by atoms with Gasteiger partial charge in [0.2, 0.25) is 5.91 Å². The van der Waals surface area contributed by atoms with Gasteiger partial charge in [-0.3, -0.25) is 9.78 Å². The van der Waals surface area contributed by atoms with E-state index in [1.165, 1.54) is 0 Å². The minimum absolute atomic E-state index is 0.0588. The Balaban J connectivity index is 2.46. The molecule has 3 N–H and O–H groups in total. The lowest BCUT2D eigenvalue weighted by Crippen LogP contribution is -2.41. The number of aromatic nitrogens is 1. The van der Waals surface area contributed by atoms with Crippen molar-refractivity contribution in [1.82, 2.24) is 10.3 Å². The molecular formula is C12H19N3OS. The van der Waals surface area contributed by atoms with E-state index in [0.29, 0.717) is 6.42 Å². The predicted octanol–water partition coefficient (Wildman–Crippen LogP) is 1.34. The summed E-state index contributed by atoms with van der Waals surface area (Å²) in [4.78, 5) is 15.8. The smallest absolute Gasteiger partial charge is 0.237 e. The van der Waals surface area contributed by atoms with Gasteiger partial charge in [0.1, 0.15) is 0 Å². The maximum atomic E-state index is 11.8. The molecule has 0 aliphatic carbocycles. The number of carbonyl (C=O) groups is 1. The molecule has 4 nitrogen and oxygen atoms in total. The van der Waals surface area contributed by atoms with Crippen LogP contribution in [0.15, 0.2) is 24.5 Å². The quantitative estimate of drug-likeness (QED) is 0.803. The van der Waals surface area contributed by atoms with E-state index in [4.69, 9.17) is 5.73 Å². The van der Waals surface area contributed by atoms with Crippen molar-refractivity contribution < 1.29 is 4.79 Å². The fraction of sp³-hybridized carbons (Fsp3) is 0.500. The molecule has 5 heteroatoms. The van der Waals surface area contributed by atoms with Crippen LogP contribution in [0.25, 0.3) is 0 Å². The molecule has 0 bridgehead atoms. The van der Waals surface area contributed by atoms with Crippen molar-refractivity contribution in [2.75, 3.05) is 12.0 Å². The Morgan fingerprint density at radius 2 is 2.41 bits per heavy atom. The number of carbonyl (C=O) groups excluding carboxylic acids is 1. The summed E-state index contributed by atoms with van der Waals surface area (Å²) in [7, 11) is 0. The molecule has 1 unspecified atom stereocenters. The number of hydrogen-bond donors (Lipinski definition) is 2. The molecule has 1 aromatic rings.